The van der Waals surface area contributed by atoms with Gasteiger partial charge in [-0.1, -0.05) is 23.2 Å². The fourth-order valence-corrected chi connectivity index (χ4v) is 2.58. The van der Waals surface area contributed by atoms with E-state index in [2.05, 4.69) is 4.98 Å². The molecule has 1 aliphatic rings. The van der Waals surface area contributed by atoms with Gasteiger partial charge < -0.3 is 5.73 Å². The minimum absolute atomic E-state index is 0.195. The molecule has 2 nitrogen and oxygen atoms in total. The van der Waals surface area contributed by atoms with Crippen LogP contribution in [-0.2, 0) is 5.54 Å². The summed E-state index contributed by atoms with van der Waals surface area (Å²) in [5.41, 5.74) is 5.95. The van der Waals surface area contributed by atoms with Gasteiger partial charge in [0.05, 0.1) is 5.02 Å². The Balaban J connectivity index is 2.30. The topological polar surface area (TPSA) is 38.9 Å². The lowest BCUT2D eigenvalue weighted by molar-refractivity contribution is -0.0514. The minimum Gasteiger partial charge on any atom is -0.321 e. The van der Waals surface area contributed by atoms with E-state index >= 15 is 0 Å². The molecule has 1 fully saturated rings. The summed E-state index contributed by atoms with van der Waals surface area (Å²) in [5.74, 6) is -2.62. The fourth-order valence-electron chi connectivity index (χ4n) is 2.13. The molecule has 0 unspecified atom stereocenters. The van der Waals surface area contributed by atoms with Gasteiger partial charge in [-0.15, -0.1) is 0 Å². The number of nitrogens with zero attached hydrogens (tertiary/aromatic N) is 1. The first-order chi connectivity index (χ1) is 7.82. The van der Waals surface area contributed by atoms with E-state index in [9.17, 15) is 8.78 Å². The number of hydrogen-bond donors (Lipinski definition) is 1. The highest BCUT2D eigenvalue weighted by Gasteiger charge is 2.42. The van der Waals surface area contributed by atoms with Crippen molar-refractivity contribution in [1.82, 2.24) is 4.98 Å². The minimum atomic E-state index is -2.62. The summed E-state index contributed by atoms with van der Waals surface area (Å²) >= 11 is 11.8. The normalized spacial score (nSPS) is 22.4. The van der Waals surface area contributed by atoms with Crippen LogP contribution in [0.2, 0.25) is 10.2 Å². The van der Waals surface area contributed by atoms with Crippen LogP contribution in [0.4, 0.5) is 8.78 Å². The molecular formula is C11H12Cl2F2N2. The second kappa shape index (κ2) is 4.34. The highest BCUT2D eigenvalue weighted by molar-refractivity contribution is 6.32. The molecule has 1 aromatic rings. The van der Waals surface area contributed by atoms with Gasteiger partial charge >= 0.3 is 0 Å². The Hall–Kier alpha value is -0.450. The highest BCUT2D eigenvalue weighted by Crippen LogP contribution is 2.44. The van der Waals surface area contributed by atoms with Crippen LogP contribution in [0, 0.1) is 0 Å². The molecule has 1 saturated carbocycles. The van der Waals surface area contributed by atoms with Crippen LogP contribution in [0.25, 0.3) is 0 Å². The SMILES string of the molecule is NC1(c2cc(Cl)ncc2Cl)CCC(F)(F)CC1. The third kappa shape index (κ3) is 2.69. The standard InChI is InChI=1S/C11H12Cl2F2N2/c12-8-6-17-9(13)5-7(8)10(16)1-3-11(14,15)4-2-10/h5-6H,1-4,16H2. The second-order valence-corrected chi connectivity index (χ2v) is 5.29. The van der Waals surface area contributed by atoms with E-state index in [0.29, 0.717) is 10.6 Å². The molecule has 2 rings (SSSR count). The Morgan fingerprint density at radius 1 is 1.18 bits per heavy atom. The van der Waals surface area contributed by atoms with Gasteiger partial charge in [-0.3, -0.25) is 0 Å². The van der Waals surface area contributed by atoms with Crippen molar-refractivity contribution in [3.63, 3.8) is 0 Å². The number of aromatic nitrogens is 1. The maximum absolute atomic E-state index is 13.1. The summed E-state index contributed by atoms with van der Waals surface area (Å²) in [4.78, 5) is 3.82. The fraction of sp³-hybridized carbons (Fsp3) is 0.545. The Kier molecular flexibility index (Phi) is 3.31. The first-order valence-corrected chi connectivity index (χ1v) is 6.06. The van der Waals surface area contributed by atoms with Gasteiger partial charge in [-0.25, -0.2) is 13.8 Å². The zero-order valence-corrected chi connectivity index (χ0v) is 10.5. The van der Waals surface area contributed by atoms with Crippen LogP contribution in [0.15, 0.2) is 12.3 Å². The maximum Gasteiger partial charge on any atom is 0.248 e. The largest absolute Gasteiger partial charge is 0.321 e. The van der Waals surface area contributed by atoms with Crippen molar-refractivity contribution in [2.75, 3.05) is 0 Å². The number of alkyl halides is 2. The van der Waals surface area contributed by atoms with Crippen molar-refractivity contribution in [2.24, 2.45) is 5.73 Å². The lowest BCUT2D eigenvalue weighted by atomic mass is 9.76. The lowest BCUT2D eigenvalue weighted by Gasteiger charge is -2.37. The summed E-state index contributed by atoms with van der Waals surface area (Å²) in [7, 11) is 0. The summed E-state index contributed by atoms with van der Waals surface area (Å²) in [6.07, 6.45) is 1.35. The molecule has 1 aliphatic carbocycles. The van der Waals surface area contributed by atoms with Crippen LogP contribution in [-0.4, -0.2) is 10.9 Å². The molecule has 2 N–H and O–H groups in total. The van der Waals surface area contributed by atoms with E-state index in [-0.39, 0.29) is 30.8 Å². The predicted octanol–water partition coefficient (Wildman–Crippen LogP) is 3.75. The zero-order chi connectivity index (χ0) is 12.7. The summed E-state index contributed by atoms with van der Waals surface area (Å²) < 4.78 is 26.2. The van der Waals surface area contributed by atoms with Gasteiger partial charge in [0.1, 0.15) is 5.15 Å². The monoisotopic (exact) mass is 280 g/mol. The molecule has 0 bridgehead atoms. The Bertz CT molecular complexity index is 427. The number of rotatable bonds is 1. The smallest absolute Gasteiger partial charge is 0.248 e. The molecule has 1 heterocycles. The van der Waals surface area contributed by atoms with Crippen molar-refractivity contribution in [2.45, 2.75) is 37.1 Å². The quantitative estimate of drug-likeness (QED) is 0.796. The molecule has 0 aromatic carbocycles. The van der Waals surface area contributed by atoms with Gasteiger partial charge in [-0.2, -0.15) is 0 Å². The zero-order valence-electron chi connectivity index (χ0n) is 9.02. The highest BCUT2D eigenvalue weighted by atomic mass is 35.5. The molecule has 0 spiro atoms. The molecule has 6 heteroatoms. The van der Waals surface area contributed by atoms with Crippen LogP contribution < -0.4 is 5.73 Å². The van der Waals surface area contributed by atoms with Crippen LogP contribution in [0.5, 0.6) is 0 Å². The molecular weight excluding hydrogens is 269 g/mol. The second-order valence-electron chi connectivity index (χ2n) is 4.50. The maximum atomic E-state index is 13.1. The van der Waals surface area contributed by atoms with Crippen molar-refractivity contribution in [1.29, 1.82) is 0 Å². The van der Waals surface area contributed by atoms with Gasteiger partial charge in [0.15, 0.2) is 0 Å². The lowest BCUT2D eigenvalue weighted by Crippen LogP contribution is -2.43. The van der Waals surface area contributed by atoms with Gasteiger partial charge in [0, 0.05) is 24.6 Å². The van der Waals surface area contributed by atoms with E-state index in [0.717, 1.165) is 0 Å². The van der Waals surface area contributed by atoms with Crippen LogP contribution in [0.3, 0.4) is 0 Å². The van der Waals surface area contributed by atoms with E-state index in [4.69, 9.17) is 28.9 Å². The average Bonchev–Trinajstić information content (AvgIpc) is 2.26. The van der Waals surface area contributed by atoms with E-state index < -0.39 is 11.5 Å². The third-order valence-corrected chi connectivity index (χ3v) is 3.74. The number of pyridine rings is 1. The summed E-state index contributed by atoms with van der Waals surface area (Å²) in [5, 5.41) is 0.647. The molecule has 0 aliphatic heterocycles. The number of nitrogens with two attached hydrogens (primary N) is 1. The van der Waals surface area contributed by atoms with Crippen molar-refractivity contribution < 1.29 is 8.78 Å². The molecule has 0 saturated heterocycles. The third-order valence-electron chi connectivity index (χ3n) is 3.23. The molecule has 0 radical (unpaired) electrons. The summed E-state index contributed by atoms with van der Waals surface area (Å²) in [6, 6.07) is 1.56. The first-order valence-electron chi connectivity index (χ1n) is 5.31. The van der Waals surface area contributed by atoms with Crippen molar-refractivity contribution in [3.05, 3.63) is 28.0 Å². The Labute approximate surface area is 108 Å². The molecule has 1 aromatic heterocycles. The molecule has 0 amide bonds. The molecule has 0 atom stereocenters. The summed E-state index contributed by atoms with van der Waals surface area (Å²) in [6.45, 7) is 0. The van der Waals surface area contributed by atoms with Crippen molar-refractivity contribution in [3.8, 4) is 0 Å². The van der Waals surface area contributed by atoms with Crippen LogP contribution in [0.1, 0.15) is 31.2 Å². The predicted molar refractivity (Wildman–Crippen MR) is 63.5 cm³/mol. The van der Waals surface area contributed by atoms with E-state index in [1.54, 1.807) is 6.07 Å². The molecule has 17 heavy (non-hydrogen) atoms. The Morgan fingerprint density at radius 2 is 1.76 bits per heavy atom. The molecule has 94 valence electrons. The first kappa shape index (κ1) is 13.0. The number of hydrogen-bond acceptors (Lipinski definition) is 2. The van der Waals surface area contributed by atoms with E-state index in [1.165, 1.54) is 6.20 Å². The van der Waals surface area contributed by atoms with Crippen LogP contribution >= 0.6 is 23.2 Å². The van der Waals surface area contributed by atoms with Gasteiger partial charge in [0.2, 0.25) is 5.92 Å². The van der Waals surface area contributed by atoms with Gasteiger partial charge in [0.25, 0.3) is 0 Å². The van der Waals surface area contributed by atoms with Crippen molar-refractivity contribution >= 4 is 23.2 Å². The van der Waals surface area contributed by atoms with Gasteiger partial charge in [-0.05, 0) is 24.5 Å². The average molecular weight is 281 g/mol. The Morgan fingerprint density at radius 3 is 2.35 bits per heavy atom. The number of halogens is 4. The van der Waals surface area contributed by atoms with E-state index in [1.807, 2.05) is 0 Å².